The van der Waals surface area contributed by atoms with E-state index in [9.17, 15) is 9.59 Å². The van der Waals surface area contributed by atoms with Crippen LogP contribution in [-0.4, -0.2) is 22.1 Å². The fraction of sp³-hybridized carbons (Fsp3) is 0.0435. The summed E-state index contributed by atoms with van der Waals surface area (Å²) in [5.41, 5.74) is 2.99. The van der Waals surface area contributed by atoms with Crippen LogP contribution in [0.1, 0.15) is 16.2 Å². The Bertz CT molecular complexity index is 1200. The molecule has 0 aliphatic carbocycles. The molecule has 0 saturated carbocycles. The highest BCUT2D eigenvalue weighted by atomic mass is 16.5. The lowest BCUT2D eigenvalue weighted by Crippen LogP contribution is -2.19. The van der Waals surface area contributed by atoms with E-state index in [1.165, 1.54) is 0 Å². The van der Waals surface area contributed by atoms with Crippen molar-refractivity contribution in [3.8, 4) is 11.5 Å². The molecule has 0 radical (unpaired) electrons. The molecule has 8 heteroatoms. The summed E-state index contributed by atoms with van der Waals surface area (Å²) in [6.07, 6.45) is 0. The number of rotatable bonds is 5. The van der Waals surface area contributed by atoms with Crippen LogP contribution in [0.25, 0.3) is 11.5 Å². The van der Waals surface area contributed by atoms with Gasteiger partial charge < -0.3 is 20.5 Å². The van der Waals surface area contributed by atoms with Crippen LogP contribution in [0.2, 0.25) is 0 Å². The molecule has 0 saturated heterocycles. The molecule has 0 bridgehead atoms. The third-order valence-electron chi connectivity index (χ3n) is 4.33. The summed E-state index contributed by atoms with van der Waals surface area (Å²) in [6.45, 7) is 1.74. The molecule has 8 nitrogen and oxygen atoms in total. The van der Waals surface area contributed by atoms with Crippen molar-refractivity contribution in [3.05, 3.63) is 90.3 Å². The minimum absolute atomic E-state index is 0.279. The Morgan fingerprint density at radius 3 is 2.10 bits per heavy atom. The number of carbonyl (C=O) groups is 2. The SMILES string of the molecule is Cc1noc(-c2ccc(C(=O)Nc3cccc(NC(=O)Nc4ccccc4)c3)cc2)n1. The fourth-order valence-corrected chi connectivity index (χ4v) is 2.87. The molecule has 1 heterocycles. The van der Waals surface area contributed by atoms with Crippen molar-refractivity contribution in [3.63, 3.8) is 0 Å². The van der Waals surface area contributed by atoms with Gasteiger partial charge in [0.2, 0.25) is 0 Å². The summed E-state index contributed by atoms with van der Waals surface area (Å²) >= 11 is 0. The third-order valence-corrected chi connectivity index (χ3v) is 4.33. The Labute approximate surface area is 178 Å². The van der Waals surface area contributed by atoms with E-state index in [0.717, 1.165) is 5.56 Å². The lowest BCUT2D eigenvalue weighted by molar-refractivity contribution is 0.102. The molecule has 0 spiro atoms. The van der Waals surface area contributed by atoms with Crippen LogP contribution >= 0.6 is 0 Å². The maximum atomic E-state index is 12.6. The van der Waals surface area contributed by atoms with Crippen LogP contribution in [-0.2, 0) is 0 Å². The van der Waals surface area contributed by atoms with E-state index in [1.807, 2.05) is 18.2 Å². The molecule has 31 heavy (non-hydrogen) atoms. The fourth-order valence-electron chi connectivity index (χ4n) is 2.87. The molecule has 4 aromatic rings. The third kappa shape index (κ3) is 5.13. The molecule has 3 N–H and O–H groups in total. The Morgan fingerprint density at radius 2 is 1.42 bits per heavy atom. The van der Waals surface area contributed by atoms with Gasteiger partial charge in [0.15, 0.2) is 5.82 Å². The molecule has 1 aromatic heterocycles. The smallest absolute Gasteiger partial charge is 0.323 e. The summed E-state index contributed by atoms with van der Waals surface area (Å²) in [5.74, 6) is 0.666. The number of urea groups is 1. The number of hydrogen-bond donors (Lipinski definition) is 3. The predicted molar refractivity (Wildman–Crippen MR) is 118 cm³/mol. The first-order valence-electron chi connectivity index (χ1n) is 9.52. The summed E-state index contributed by atoms with van der Waals surface area (Å²) in [7, 11) is 0. The van der Waals surface area contributed by atoms with Crippen molar-refractivity contribution >= 4 is 29.0 Å². The van der Waals surface area contributed by atoms with Crippen LogP contribution in [0.4, 0.5) is 21.9 Å². The standard InChI is InChI=1S/C23H19N5O3/c1-15-24-22(31-28-15)17-12-10-16(11-13-17)21(29)25-19-8-5-9-20(14-19)27-23(30)26-18-6-3-2-4-7-18/h2-14H,1H3,(H,25,29)(H2,26,27,30). The number of nitrogens with zero attached hydrogens (tertiary/aromatic N) is 2. The summed E-state index contributed by atoms with van der Waals surface area (Å²) in [4.78, 5) is 28.9. The van der Waals surface area contributed by atoms with Crippen LogP contribution in [0.3, 0.4) is 0 Å². The van der Waals surface area contributed by atoms with Gasteiger partial charge in [-0.25, -0.2) is 4.79 Å². The zero-order valence-corrected chi connectivity index (χ0v) is 16.6. The van der Waals surface area contributed by atoms with Gasteiger partial charge in [0, 0.05) is 28.2 Å². The zero-order valence-electron chi connectivity index (χ0n) is 16.6. The van der Waals surface area contributed by atoms with Crippen LogP contribution in [0.15, 0.2) is 83.4 Å². The molecular weight excluding hydrogens is 394 g/mol. The molecular formula is C23H19N5O3. The molecule has 0 unspecified atom stereocenters. The number of aryl methyl sites for hydroxylation is 1. The molecule has 0 fully saturated rings. The van der Waals surface area contributed by atoms with Gasteiger partial charge in [-0.15, -0.1) is 0 Å². The number of para-hydroxylation sites is 1. The quantitative estimate of drug-likeness (QED) is 0.429. The summed E-state index contributed by atoms with van der Waals surface area (Å²) in [6, 6.07) is 22.5. The van der Waals surface area contributed by atoms with Crippen molar-refractivity contribution in [1.29, 1.82) is 0 Å². The maximum Gasteiger partial charge on any atom is 0.323 e. The van der Waals surface area contributed by atoms with Gasteiger partial charge in [-0.05, 0) is 61.5 Å². The average molecular weight is 413 g/mol. The lowest BCUT2D eigenvalue weighted by Gasteiger charge is -2.10. The minimum Gasteiger partial charge on any atom is -0.334 e. The number of carbonyl (C=O) groups excluding carboxylic acids is 2. The predicted octanol–water partition coefficient (Wildman–Crippen LogP) is 4.94. The molecule has 0 aliphatic heterocycles. The Morgan fingerprint density at radius 1 is 0.774 bits per heavy atom. The van der Waals surface area contributed by atoms with Gasteiger partial charge in [-0.1, -0.05) is 29.4 Å². The largest absolute Gasteiger partial charge is 0.334 e. The van der Waals surface area contributed by atoms with Crippen LogP contribution < -0.4 is 16.0 Å². The van der Waals surface area contributed by atoms with Crippen molar-refractivity contribution in [1.82, 2.24) is 10.1 Å². The monoisotopic (exact) mass is 413 g/mol. The molecule has 3 amide bonds. The second-order valence-electron chi connectivity index (χ2n) is 6.70. The Kier molecular flexibility index (Phi) is 5.70. The van der Waals surface area contributed by atoms with Crippen molar-refractivity contribution in [2.75, 3.05) is 16.0 Å². The van der Waals surface area contributed by atoms with Crippen molar-refractivity contribution in [2.45, 2.75) is 6.92 Å². The first-order chi connectivity index (χ1) is 15.1. The van der Waals surface area contributed by atoms with E-state index in [1.54, 1.807) is 67.6 Å². The average Bonchev–Trinajstić information content (AvgIpc) is 3.21. The number of anilines is 3. The summed E-state index contributed by atoms with van der Waals surface area (Å²) < 4.78 is 5.13. The van der Waals surface area contributed by atoms with Gasteiger partial charge >= 0.3 is 6.03 Å². The number of aromatic nitrogens is 2. The lowest BCUT2D eigenvalue weighted by atomic mass is 10.1. The molecule has 0 atom stereocenters. The van der Waals surface area contributed by atoms with E-state index in [0.29, 0.717) is 34.3 Å². The molecule has 4 rings (SSSR count). The van der Waals surface area contributed by atoms with Crippen molar-refractivity contribution < 1.29 is 14.1 Å². The Hall–Kier alpha value is -4.46. The van der Waals surface area contributed by atoms with Crippen LogP contribution in [0, 0.1) is 6.92 Å². The number of hydrogen-bond acceptors (Lipinski definition) is 5. The molecule has 3 aromatic carbocycles. The molecule has 154 valence electrons. The van der Waals surface area contributed by atoms with Crippen LogP contribution in [0.5, 0.6) is 0 Å². The van der Waals surface area contributed by atoms with E-state index >= 15 is 0 Å². The topological polar surface area (TPSA) is 109 Å². The van der Waals surface area contributed by atoms with E-state index in [2.05, 4.69) is 26.1 Å². The second kappa shape index (κ2) is 8.91. The Balaban J connectivity index is 1.39. The number of benzene rings is 3. The first kappa shape index (κ1) is 19.8. The van der Waals surface area contributed by atoms with Crippen molar-refractivity contribution in [2.24, 2.45) is 0 Å². The first-order valence-corrected chi connectivity index (χ1v) is 9.52. The van der Waals surface area contributed by atoms with Gasteiger partial charge in [-0.2, -0.15) is 4.98 Å². The van der Waals surface area contributed by atoms with Gasteiger partial charge in [0.1, 0.15) is 0 Å². The van der Waals surface area contributed by atoms with E-state index < -0.39 is 0 Å². The van der Waals surface area contributed by atoms with E-state index in [-0.39, 0.29) is 11.9 Å². The highest BCUT2D eigenvalue weighted by molar-refractivity contribution is 6.05. The highest BCUT2D eigenvalue weighted by Gasteiger charge is 2.10. The second-order valence-corrected chi connectivity index (χ2v) is 6.70. The van der Waals surface area contributed by atoms with Gasteiger partial charge in [0.05, 0.1) is 0 Å². The minimum atomic E-state index is -0.374. The maximum absolute atomic E-state index is 12.6. The van der Waals surface area contributed by atoms with Gasteiger partial charge in [-0.3, -0.25) is 4.79 Å². The molecule has 0 aliphatic rings. The van der Waals surface area contributed by atoms with E-state index in [4.69, 9.17) is 4.52 Å². The highest BCUT2D eigenvalue weighted by Crippen LogP contribution is 2.20. The number of amides is 3. The normalized spacial score (nSPS) is 10.4. The zero-order chi connectivity index (χ0) is 21.6. The summed E-state index contributed by atoms with van der Waals surface area (Å²) in [5, 5.41) is 12.1. The van der Waals surface area contributed by atoms with Gasteiger partial charge in [0.25, 0.3) is 11.8 Å². The number of nitrogens with one attached hydrogen (secondary N) is 3.